The van der Waals surface area contributed by atoms with Crippen molar-refractivity contribution in [1.29, 1.82) is 0 Å². The number of Topliss-reactive ketones (excluding diaryl/α,β-unsaturated/α-hetero) is 1. The number of hydrogen-bond donors (Lipinski definition) is 1. The van der Waals surface area contributed by atoms with E-state index in [1.54, 1.807) is 6.20 Å². The van der Waals surface area contributed by atoms with Crippen LogP contribution in [0.1, 0.15) is 42.7 Å². The lowest BCUT2D eigenvalue weighted by Crippen LogP contribution is -2.21. The second kappa shape index (κ2) is 4.01. The van der Waals surface area contributed by atoms with Crippen LogP contribution in [0.15, 0.2) is 17.1 Å². The minimum Gasteiger partial charge on any atom is -0.329 e. The standard InChI is InChI=1S/C12H15NO2/c1-8-6-7-13-12(15)11(8)9-2-4-10(14)5-3-9/h6-7,9H,2-5H2,1H3,(H,13,15). The maximum atomic E-state index is 11.7. The number of carbonyl (C=O) groups excluding carboxylic acids is 1. The van der Waals surface area contributed by atoms with Gasteiger partial charge < -0.3 is 4.98 Å². The van der Waals surface area contributed by atoms with Gasteiger partial charge in [-0.05, 0) is 37.3 Å². The van der Waals surface area contributed by atoms with Gasteiger partial charge in [-0.25, -0.2) is 0 Å². The van der Waals surface area contributed by atoms with Crippen LogP contribution < -0.4 is 5.56 Å². The summed E-state index contributed by atoms with van der Waals surface area (Å²) in [6.45, 7) is 1.96. The highest BCUT2D eigenvalue weighted by molar-refractivity contribution is 5.79. The Hall–Kier alpha value is -1.38. The van der Waals surface area contributed by atoms with E-state index in [0.717, 1.165) is 24.0 Å². The molecule has 0 saturated heterocycles. The highest BCUT2D eigenvalue weighted by Crippen LogP contribution is 2.30. The smallest absolute Gasteiger partial charge is 0.251 e. The fraction of sp³-hybridized carbons (Fsp3) is 0.500. The normalized spacial score (nSPS) is 18.1. The van der Waals surface area contributed by atoms with Crippen LogP contribution in [0.3, 0.4) is 0 Å². The van der Waals surface area contributed by atoms with E-state index in [1.807, 2.05) is 13.0 Å². The van der Waals surface area contributed by atoms with Gasteiger partial charge in [-0.15, -0.1) is 0 Å². The van der Waals surface area contributed by atoms with Crippen molar-refractivity contribution in [2.24, 2.45) is 0 Å². The lowest BCUT2D eigenvalue weighted by atomic mass is 9.82. The van der Waals surface area contributed by atoms with Crippen molar-refractivity contribution in [3.8, 4) is 0 Å². The fourth-order valence-corrected chi connectivity index (χ4v) is 2.32. The van der Waals surface area contributed by atoms with Gasteiger partial charge >= 0.3 is 0 Å². The van der Waals surface area contributed by atoms with Gasteiger partial charge in [0.2, 0.25) is 0 Å². The number of ketones is 1. The predicted molar refractivity (Wildman–Crippen MR) is 58.0 cm³/mol. The number of carbonyl (C=O) groups is 1. The molecular weight excluding hydrogens is 190 g/mol. The molecule has 80 valence electrons. The molecule has 1 aliphatic carbocycles. The largest absolute Gasteiger partial charge is 0.329 e. The first-order chi connectivity index (χ1) is 7.18. The fourth-order valence-electron chi connectivity index (χ4n) is 2.32. The predicted octanol–water partition coefficient (Wildman–Crippen LogP) is 1.91. The third kappa shape index (κ3) is 2.01. The Labute approximate surface area is 88.5 Å². The number of rotatable bonds is 1. The molecule has 0 spiro atoms. The van der Waals surface area contributed by atoms with Crippen LogP contribution in [0.2, 0.25) is 0 Å². The zero-order valence-corrected chi connectivity index (χ0v) is 8.88. The number of aryl methyl sites for hydroxylation is 1. The lowest BCUT2D eigenvalue weighted by molar-refractivity contribution is -0.120. The first-order valence-corrected chi connectivity index (χ1v) is 5.38. The summed E-state index contributed by atoms with van der Waals surface area (Å²) >= 11 is 0. The zero-order valence-electron chi connectivity index (χ0n) is 8.88. The number of hydrogen-bond acceptors (Lipinski definition) is 2. The molecule has 3 heteroatoms. The summed E-state index contributed by atoms with van der Waals surface area (Å²) in [6.07, 6.45) is 4.57. The summed E-state index contributed by atoms with van der Waals surface area (Å²) in [5.74, 6) is 0.601. The molecule has 1 aromatic rings. The SMILES string of the molecule is Cc1cc[nH]c(=O)c1C1CCC(=O)CC1. The first kappa shape index (κ1) is 10.1. The molecule has 3 nitrogen and oxygen atoms in total. The van der Waals surface area contributed by atoms with Crippen molar-refractivity contribution in [3.63, 3.8) is 0 Å². The highest BCUT2D eigenvalue weighted by atomic mass is 16.1. The molecule has 1 N–H and O–H groups in total. The second-order valence-corrected chi connectivity index (χ2v) is 4.22. The molecule has 1 saturated carbocycles. The molecule has 0 aliphatic heterocycles. The van der Waals surface area contributed by atoms with Crippen LogP contribution >= 0.6 is 0 Å². The topological polar surface area (TPSA) is 49.9 Å². The van der Waals surface area contributed by atoms with Crippen LogP contribution in [0.25, 0.3) is 0 Å². The average Bonchev–Trinajstić information content (AvgIpc) is 2.20. The number of nitrogens with one attached hydrogen (secondary N) is 1. The number of aromatic amines is 1. The van der Waals surface area contributed by atoms with E-state index in [0.29, 0.717) is 18.6 Å². The van der Waals surface area contributed by atoms with Gasteiger partial charge in [-0.3, -0.25) is 9.59 Å². The van der Waals surface area contributed by atoms with Gasteiger partial charge in [0.15, 0.2) is 0 Å². The molecule has 15 heavy (non-hydrogen) atoms. The highest BCUT2D eigenvalue weighted by Gasteiger charge is 2.23. The molecule has 0 bridgehead atoms. The summed E-state index contributed by atoms with van der Waals surface area (Å²) in [6, 6.07) is 1.92. The lowest BCUT2D eigenvalue weighted by Gasteiger charge is -2.21. The van der Waals surface area contributed by atoms with Crippen molar-refractivity contribution in [3.05, 3.63) is 33.7 Å². The monoisotopic (exact) mass is 205 g/mol. The maximum absolute atomic E-state index is 11.7. The van der Waals surface area contributed by atoms with E-state index >= 15 is 0 Å². The summed E-state index contributed by atoms with van der Waals surface area (Å²) < 4.78 is 0. The molecule has 1 aliphatic rings. The Morgan fingerprint density at radius 1 is 1.27 bits per heavy atom. The zero-order chi connectivity index (χ0) is 10.8. The van der Waals surface area contributed by atoms with Crippen molar-refractivity contribution in [2.45, 2.75) is 38.5 Å². The van der Waals surface area contributed by atoms with Crippen LogP contribution in [-0.2, 0) is 4.79 Å². The Kier molecular flexibility index (Phi) is 2.71. The van der Waals surface area contributed by atoms with E-state index in [9.17, 15) is 9.59 Å². The molecule has 1 heterocycles. The number of aromatic nitrogens is 1. The molecule has 0 radical (unpaired) electrons. The summed E-state index contributed by atoms with van der Waals surface area (Å²) in [4.78, 5) is 25.5. The average molecular weight is 205 g/mol. The van der Waals surface area contributed by atoms with Crippen LogP contribution in [-0.4, -0.2) is 10.8 Å². The first-order valence-electron chi connectivity index (χ1n) is 5.38. The van der Waals surface area contributed by atoms with E-state index in [-0.39, 0.29) is 11.5 Å². The van der Waals surface area contributed by atoms with Gasteiger partial charge in [0, 0.05) is 24.6 Å². The molecular formula is C12H15NO2. The van der Waals surface area contributed by atoms with Gasteiger partial charge in [0.25, 0.3) is 5.56 Å². The van der Waals surface area contributed by atoms with Crippen LogP contribution in [0, 0.1) is 6.92 Å². The summed E-state index contributed by atoms with van der Waals surface area (Å²) in [7, 11) is 0. The molecule has 0 atom stereocenters. The van der Waals surface area contributed by atoms with Gasteiger partial charge in [0.05, 0.1) is 0 Å². The number of pyridine rings is 1. The van der Waals surface area contributed by atoms with Crippen LogP contribution in [0.4, 0.5) is 0 Å². The van der Waals surface area contributed by atoms with Gasteiger partial charge in [0.1, 0.15) is 5.78 Å². The van der Waals surface area contributed by atoms with E-state index in [1.165, 1.54) is 0 Å². The third-order valence-electron chi connectivity index (χ3n) is 3.17. The Bertz CT molecular complexity index is 423. The van der Waals surface area contributed by atoms with Crippen molar-refractivity contribution in [1.82, 2.24) is 4.98 Å². The van der Waals surface area contributed by atoms with Crippen molar-refractivity contribution < 1.29 is 4.79 Å². The van der Waals surface area contributed by atoms with Crippen molar-refractivity contribution >= 4 is 5.78 Å². The van der Waals surface area contributed by atoms with Crippen molar-refractivity contribution in [2.75, 3.05) is 0 Å². The Balaban J connectivity index is 2.30. The quantitative estimate of drug-likeness (QED) is 0.761. The molecule has 1 aromatic heterocycles. The third-order valence-corrected chi connectivity index (χ3v) is 3.17. The van der Waals surface area contributed by atoms with E-state index < -0.39 is 0 Å². The molecule has 0 unspecified atom stereocenters. The molecule has 1 fully saturated rings. The minimum atomic E-state index is 0.00866. The van der Waals surface area contributed by atoms with Crippen LogP contribution in [0.5, 0.6) is 0 Å². The minimum absolute atomic E-state index is 0.00866. The molecule has 0 aromatic carbocycles. The summed E-state index contributed by atoms with van der Waals surface area (Å²) in [5.41, 5.74) is 1.93. The van der Waals surface area contributed by atoms with Gasteiger partial charge in [-0.2, -0.15) is 0 Å². The summed E-state index contributed by atoms with van der Waals surface area (Å²) in [5, 5.41) is 0. The van der Waals surface area contributed by atoms with E-state index in [4.69, 9.17) is 0 Å². The van der Waals surface area contributed by atoms with E-state index in [2.05, 4.69) is 4.98 Å². The maximum Gasteiger partial charge on any atom is 0.251 e. The second-order valence-electron chi connectivity index (χ2n) is 4.22. The molecule has 2 rings (SSSR count). The number of H-pyrrole nitrogens is 1. The van der Waals surface area contributed by atoms with Gasteiger partial charge in [-0.1, -0.05) is 0 Å². The molecule has 0 amide bonds. The Morgan fingerprint density at radius 3 is 2.53 bits per heavy atom. The Morgan fingerprint density at radius 2 is 1.93 bits per heavy atom.